The molecular weight excluding hydrogens is 414 g/mol. The molecule has 1 unspecified atom stereocenters. The maximum Gasteiger partial charge on any atom is 0.244 e. The molecule has 2 atom stereocenters. The third-order valence-corrected chi connectivity index (χ3v) is 6.05. The molecule has 0 saturated carbocycles. The normalized spacial score (nSPS) is 21.8. The second kappa shape index (κ2) is 7.67. The number of benzene rings is 1. The summed E-state index contributed by atoms with van der Waals surface area (Å²) in [6, 6.07) is 8.33. The average Bonchev–Trinajstić information content (AvgIpc) is 3.19. The predicted molar refractivity (Wildman–Crippen MR) is 119 cm³/mol. The molecule has 166 valence electrons. The Hall–Kier alpha value is -3.33. The third kappa shape index (κ3) is 3.52. The van der Waals surface area contributed by atoms with Crippen molar-refractivity contribution >= 4 is 22.4 Å². The Bertz CT molecular complexity index is 1300. The number of hydrogen-bond acceptors (Lipinski definition) is 6. The monoisotopic (exact) mass is 438 g/mol. The van der Waals surface area contributed by atoms with Crippen LogP contribution in [0.15, 0.2) is 42.7 Å². The molecule has 32 heavy (non-hydrogen) atoms. The fourth-order valence-electron chi connectivity index (χ4n) is 4.48. The standard InChI is InChI=1S/C23H24F2N6O/c1-23(25)13-30(2)9-7-18(23)27-22-28-21(32-3)20-16(6-10-31(20)29-22)15-11-14-5-4-8-26-19(14)17(24)12-15/h4-6,8,10-12,18H,7,9,13H2,1-3H3,(H,27,29)/t18-,23?/m1/s1. The number of alkyl halides is 1. The molecule has 1 saturated heterocycles. The maximum atomic E-state index is 15.1. The van der Waals surface area contributed by atoms with Crippen LogP contribution < -0.4 is 10.1 Å². The van der Waals surface area contributed by atoms with Gasteiger partial charge in [-0.15, -0.1) is 5.10 Å². The fourth-order valence-corrected chi connectivity index (χ4v) is 4.48. The van der Waals surface area contributed by atoms with Crippen molar-refractivity contribution in [1.29, 1.82) is 0 Å². The number of hydrogen-bond donors (Lipinski definition) is 1. The summed E-state index contributed by atoms with van der Waals surface area (Å²) in [5.74, 6) is 0.201. The Labute approximate surface area is 184 Å². The van der Waals surface area contributed by atoms with E-state index in [4.69, 9.17) is 4.74 Å². The molecule has 9 heteroatoms. The van der Waals surface area contributed by atoms with Gasteiger partial charge < -0.3 is 15.0 Å². The van der Waals surface area contributed by atoms with E-state index in [1.165, 1.54) is 13.2 Å². The number of nitrogens with zero attached hydrogens (tertiary/aromatic N) is 5. The van der Waals surface area contributed by atoms with E-state index in [0.29, 0.717) is 40.8 Å². The molecule has 1 fully saturated rings. The molecule has 0 aliphatic carbocycles. The van der Waals surface area contributed by atoms with E-state index in [1.54, 1.807) is 29.9 Å². The van der Waals surface area contributed by atoms with Crippen molar-refractivity contribution in [3.8, 4) is 17.0 Å². The van der Waals surface area contributed by atoms with Gasteiger partial charge in [-0.05, 0) is 50.2 Å². The first-order valence-electron chi connectivity index (χ1n) is 10.5. The van der Waals surface area contributed by atoms with E-state index in [9.17, 15) is 4.39 Å². The second-order valence-electron chi connectivity index (χ2n) is 8.50. The van der Waals surface area contributed by atoms with E-state index in [2.05, 4.69) is 20.4 Å². The summed E-state index contributed by atoms with van der Waals surface area (Å²) in [4.78, 5) is 10.6. The van der Waals surface area contributed by atoms with Gasteiger partial charge in [-0.1, -0.05) is 6.07 Å². The number of ether oxygens (including phenoxy) is 1. The zero-order chi connectivity index (χ0) is 22.5. The fraction of sp³-hybridized carbons (Fsp3) is 0.348. The Kier molecular flexibility index (Phi) is 4.93. The molecule has 7 nitrogen and oxygen atoms in total. The molecule has 5 rings (SSSR count). The largest absolute Gasteiger partial charge is 0.479 e. The van der Waals surface area contributed by atoms with Crippen LogP contribution in [0.3, 0.4) is 0 Å². The van der Waals surface area contributed by atoms with E-state index in [-0.39, 0.29) is 5.95 Å². The van der Waals surface area contributed by atoms with Gasteiger partial charge in [-0.3, -0.25) is 4.98 Å². The quantitative estimate of drug-likeness (QED) is 0.521. The van der Waals surface area contributed by atoms with Crippen LogP contribution in [0.4, 0.5) is 14.7 Å². The molecule has 1 aromatic carbocycles. The van der Waals surface area contributed by atoms with Crippen LogP contribution in [0.25, 0.3) is 27.5 Å². The topological polar surface area (TPSA) is 67.6 Å². The molecule has 0 amide bonds. The van der Waals surface area contributed by atoms with Gasteiger partial charge >= 0.3 is 0 Å². The number of rotatable bonds is 4. The summed E-state index contributed by atoms with van der Waals surface area (Å²) in [6.07, 6.45) is 3.96. The predicted octanol–water partition coefficient (Wildman–Crippen LogP) is 3.94. The van der Waals surface area contributed by atoms with Gasteiger partial charge in [-0.2, -0.15) is 4.98 Å². The molecule has 1 N–H and O–H groups in total. The number of methoxy groups -OCH3 is 1. The van der Waals surface area contributed by atoms with E-state index < -0.39 is 17.5 Å². The molecule has 4 aromatic rings. The van der Waals surface area contributed by atoms with E-state index in [0.717, 1.165) is 12.1 Å². The average molecular weight is 438 g/mol. The molecule has 0 radical (unpaired) electrons. The molecule has 0 spiro atoms. The van der Waals surface area contributed by atoms with Crippen LogP contribution in [0.5, 0.6) is 5.88 Å². The van der Waals surface area contributed by atoms with Crippen molar-refractivity contribution in [3.63, 3.8) is 0 Å². The number of pyridine rings is 1. The highest BCUT2D eigenvalue weighted by Gasteiger charge is 2.39. The van der Waals surface area contributed by atoms with Crippen LogP contribution in [-0.4, -0.2) is 63.4 Å². The minimum Gasteiger partial charge on any atom is -0.479 e. The highest BCUT2D eigenvalue weighted by atomic mass is 19.1. The summed E-state index contributed by atoms with van der Waals surface area (Å²) in [5, 5.41) is 8.37. The first kappa shape index (κ1) is 20.6. The minimum absolute atomic E-state index is 0.281. The molecule has 4 heterocycles. The van der Waals surface area contributed by atoms with Crippen LogP contribution >= 0.6 is 0 Å². The lowest BCUT2D eigenvalue weighted by atomic mass is 9.91. The highest BCUT2D eigenvalue weighted by molar-refractivity contribution is 5.91. The molecular formula is C23H24F2N6O. The summed E-state index contributed by atoms with van der Waals surface area (Å²) in [5.41, 5.74) is 0.901. The number of halogens is 2. The Morgan fingerprint density at radius 2 is 2.12 bits per heavy atom. The number of anilines is 1. The number of likely N-dealkylation sites (tertiary alicyclic amines) is 1. The highest BCUT2D eigenvalue weighted by Crippen LogP contribution is 2.34. The number of nitrogens with one attached hydrogen (secondary N) is 1. The van der Waals surface area contributed by atoms with E-state index >= 15 is 4.39 Å². The first-order chi connectivity index (χ1) is 15.4. The van der Waals surface area contributed by atoms with Crippen molar-refractivity contribution in [2.24, 2.45) is 0 Å². The maximum absolute atomic E-state index is 15.1. The van der Waals surface area contributed by atoms with Crippen molar-refractivity contribution in [1.82, 2.24) is 24.5 Å². The number of aromatic nitrogens is 4. The summed E-state index contributed by atoms with van der Waals surface area (Å²) in [6.45, 7) is 2.71. The van der Waals surface area contributed by atoms with E-state index in [1.807, 2.05) is 30.1 Å². The van der Waals surface area contributed by atoms with Crippen LogP contribution in [0.2, 0.25) is 0 Å². The van der Waals surface area contributed by atoms with Gasteiger partial charge in [-0.25, -0.2) is 13.3 Å². The van der Waals surface area contributed by atoms with Gasteiger partial charge in [0.1, 0.15) is 22.5 Å². The third-order valence-electron chi connectivity index (χ3n) is 6.05. The SMILES string of the molecule is COc1nc(N[C@@H]2CCN(C)CC2(C)F)nn2ccc(-c3cc(F)c4ncccc4c3)c12. The molecule has 1 aliphatic rings. The van der Waals surface area contributed by atoms with Crippen LogP contribution in [-0.2, 0) is 0 Å². The summed E-state index contributed by atoms with van der Waals surface area (Å²) >= 11 is 0. The Balaban J connectivity index is 1.55. The van der Waals surface area contributed by atoms with Crippen molar-refractivity contribution < 1.29 is 13.5 Å². The lowest BCUT2D eigenvalue weighted by Gasteiger charge is -2.39. The molecule has 3 aromatic heterocycles. The first-order valence-corrected chi connectivity index (χ1v) is 10.5. The lowest BCUT2D eigenvalue weighted by Crippen LogP contribution is -2.54. The van der Waals surface area contributed by atoms with Gasteiger partial charge in [0.2, 0.25) is 11.8 Å². The van der Waals surface area contributed by atoms with Crippen LogP contribution in [0, 0.1) is 5.82 Å². The molecule has 0 bridgehead atoms. The smallest absolute Gasteiger partial charge is 0.244 e. The zero-order valence-electron chi connectivity index (χ0n) is 18.1. The lowest BCUT2D eigenvalue weighted by molar-refractivity contribution is 0.0619. The van der Waals surface area contributed by atoms with Gasteiger partial charge in [0.25, 0.3) is 0 Å². The van der Waals surface area contributed by atoms with Crippen molar-refractivity contribution in [2.45, 2.75) is 25.1 Å². The molecule has 1 aliphatic heterocycles. The zero-order valence-corrected chi connectivity index (χ0v) is 18.1. The minimum atomic E-state index is -1.42. The van der Waals surface area contributed by atoms with Crippen molar-refractivity contribution in [3.05, 3.63) is 48.5 Å². The Morgan fingerprint density at radius 3 is 2.91 bits per heavy atom. The Morgan fingerprint density at radius 1 is 1.28 bits per heavy atom. The summed E-state index contributed by atoms with van der Waals surface area (Å²) in [7, 11) is 3.43. The van der Waals surface area contributed by atoms with Crippen molar-refractivity contribution in [2.75, 3.05) is 32.6 Å². The summed E-state index contributed by atoms with van der Waals surface area (Å²) < 4.78 is 37.0. The van der Waals surface area contributed by atoms with Gasteiger partial charge in [0.15, 0.2) is 0 Å². The number of fused-ring (bicyclic) bond motifs is 2. The van der Waals surface area contributed by atoms with Crippen LogP contribution in [0.1, 0.15) is 13.3 Å². The second-order valence-corrected chi connectivity index (χ2v) is 8.50. The number of piperidine rings is 1. The van der Waals surface area contributed by atoms with Gasteiger partial charge in [0.05, 0.1) is 13.2 Å². The van der Waals surface area contributed by atoms with Gasteiger partial charge in [0, 0.05) is 36.4 Å².